The highest BCUT2D eigenvalue weighted by molar-refractivity contribution is 5.15. The van der Waals surface area contributed by atoms with Gasteiger partial charge < -0.3 is 0 Å². The summed E-state index contributed by atoms with van der Waals surface area (Å²) in [5, 5.41) is 0. The fraction of sp³-hybridized carbons (Fsp3) is 1.00. The molecule has 2 unspecified atom stereocenters. The Labute approximate surface area is 61.0 Å². The van der Waals surface area contributed by atoms with Crippen molar-refractivity contribution in [3.8, 4) is 0 Å². The quantitative estimate of drug-likeness (QED) is 0.467. The first-order valence-corrected chi connectivity index (χ1v) is 2.70. The van der Waals surface area contributed by atoms with Crippen molar-refractivity contribution < 1.29 is 35.8 Å². The van der Waals surface area contributed by atoms with Gasteiger partial charge in [0.25, 0.3) is 0 Å². The van der Waals surface area contributed by atoms with Crippen molar-refractivity contribution in [2.24, 2.45) is 0 Å². The van der Waals surface area contributed by atoms with E-state index in [1.807, 2.05) is 0 Å². The molecule has 0 aliphatic carbocycles. The van der Waals surface area contributed by atoms with E-state index < -0.39 is 23.9 Å². The third-order valence-electron chi connectivity index (χ3n) is 1.62. The molecule has 2 aliphatic rings. The number of epoxide rings is 2. The van der Waals surface area contributed by atoms with E-state index in [9.17, 15) is 26.3 Å². The Morgan fingerprint density at radius 3 is 0.833 bits per heavy atom. The molecule has 2 aliphatic heterocycles. The summed E-state index contributed by atoms with van der Waals surface area (Å²) in [4.78, 5) is 0. The molecule has 0 aromatic heterocycles. The SMILES string of the molecule is FC1(F)OC1(F)C1(F)OC1(F)F. The van der Waals surface area contributed by atoms with Crippen LogP contribution >= 0.6 is 0 Å². The van der Waals surface area contributed by atoms with E-state index >= 15 is 0 Å². The van der Waals surface area contributed by atoms with Gasteiger partial charge in [-0.15, -0.1) is 0 Å². The van der Waals surface area contributed by atoms with Crippen LogP contribution in [0.1, 0.15) is 0 Å². The summed E-state index contributed by atoms with van der Waals surface area (Å²) in [6.07, 6.45) is -9.08. The van der Waals surface area contributed by atoms with Gasteiger partial charge in [0.1, 0.15) is 0 Å². The molecular weight excluding hydrogens is 194 g/mol. The van der Waals surface area contributed by atoms with Gasteiger partial charge in [0.2, 0.25) is 0 Å². The highest BCUT2D eigenvalue weighted by Crippen LogP contribution is 2.71. The lowest BCUT2D eigenvalue weighted by molar-refractivity contribution is -0.0651. The zero-order valence-electron chi connectivity index (χ0n) is 5.08. The molecule has 0 amide bonds. The third-order valence-corrected chi connectivity index (χ3v) is 1.62. The number of rotatable bonds is 1. The van der Waals surface area contributed by atoms with Gasteiger partial charge in [-0.05, 0) is 0 Å². The molecule has 12 heavy (non-hydrogen) atoms. The molecule has 70 valence electrons. The van der Waals surface area contributed by atoms with Crippen LogP contribution in [0.15, 0.2) is 0 Å². The van der Waals surface area contributed by atoms with Gasteiger partial charge in [-0.1, -0.05) is 0 Å². The summed E-state index contributed by atoms with van der Waals surface area (Å²) in [5.41, 5.74) is 0. The van der Waals surface area contributed by atoms with E-state index in [-0.39, 0.29) is 0 Å². The minimum absolute atomic E-state index is 2.87. The largest absolute Gasteiger partial charge is 0.424 e. The van der Waals surface area contributed by atoms with Crippen LogP contribution in [0, 0.1) is 0 Å². The van der Waals surface area contributed by atoms with Crippen LogP contribution in [0.4, 0.5) is 26.3 Å². The van der Waals surface area contributed by atoms with Crippen molar-refractivity contribution in [2.45, 2.75) is 23.9 Å². The van der Waals surface area contributed by atoms with E-state index in [1.54, 1.807) is 0 Å². The Balaban J connectivity index is 2.25. The van der Waals surface area contributed by atoms with Crippen LogP contribution in [0.25, 0.3) is 0 Å². The summed E-state index contributed by atoms with van der Waals surface area (Å²) in [5.74, 6) is -8.69. The number of halogens is 6. The van der Waals surface area contributed by atoms with Crippen LogP contribution in [-0.4, -0.2) is 23.9 Å². The van der Waals surface area contributed by atoms with Gasteiger partial charge in [0.15, 0.2) is 0 Å². The Morgan fingerprint density at radius 1 is 0.583 bits per heavy atom. The van der Waals surface area contributed by atoms with Gasteiger partial charge in [0.05, 0.1) is 0 Å². The maximum absolute atomic E-state index is 12.4. The van der Waals surface area contributed by atoms with Crippen LogP contribution in [0.2, 0.25) is 0 Å². The maximum Gasteiger partial charge on any atom is 0.424 e. The second-order valence-electron chi connectivity index (χ2n) is 2.43. The Bertz CT molecular complexity index is 228. The molecule has 2 nitrogen and oxygen atoms in total. The first kappa shape index (κ1) is 8.11. The molecule has 0 bridgehead atoms. The molecule has 0 saturated carbocycles. The van der Waals surface area contributed by atoms with Gasteiger partial charge >= 0.3 is 23.9 Å². The molecule has 0 radical (unpaired) electrons. The van der Waals surface area contributed by atoms with Gasteiger partial charge in [0, 0.05) is 0 Å². The fourth-order valence-electron chi connectivity index (χ4n) is 0.808. The van der Waals surface area contributed by atoms with Crippen LogP contribution < -0.4 is 0 Å². The van der Waals surface area contributed by atoms with Gasteiger partial charge in [-0.25, -0.2) is 0 Å². The highest BCUT2D eigenvalue weighted by atomic mass is 19.3. The summed E-state index contributed by atoms with van der Waals surface area (Å²) in [6, 6.07) is 0. The molecule has 2 fully saturated rings. The number of ether oxygens (including phenoxy) is 2. The minimum atomic E-state index is -4.54. The fourth-order valence-corrected chi connectivity index (χ4v) is 0.808. The Kier molecular flexibility index (Phi) is 0.985. The van der Waals surface area contributed by atoms with E-state index in [4.69, 9.17) is 0 Å². The first-order chi connectivity index (χ1) is 5.16. The summed E-state index contributed by atoms with van der Waals surface area (Å²) in [6.45, 7) is 0. The second-order valence-corrected chi connectivity index (χ2v) is 2.43. The normalized spacial score (nSPS) is 53.5. The van der Waals surface area contributed by atoms with Crippen molar-refractivity contribution in [2.75, 3.05) is 0 Å². The first-order valence-electron chi connectivity index (χ1n) is 2.70. The van der Waals surface area contributed by atoms with E-state index in [0.29, 0.717) is 0 Å². The zero-order valence-corrected chi connectivity index (χ0v) is 5.08. The van der Waals surface area contributed by atoms with Crippen molar-refractivity contribution in [3.05, 3.63) is 0 Å². The average Bonchev–Trinajstić information content (AvgIpc) is 2.49. The molecular formula is C4F6O2. The van der Waals surface area contributed by atoms with Crippen molar-refractivity contribution >= 4 is 0 Å². The Morgan fingerprint density at radius 2 is 0.750 bits per heavy atom. The highest BCUT2D eigenvalue weighted by Gasteiger charge is 3.02. The zero-order chi connectivity index (χ0) is 9.41. The predicted octanol–water partition coefficient (Wildman–Crippen LogP) is 1.56. The average molecular weight is 194 g/mol. The number of hydrogen-bond acceptors (Lipinski definition) is 2. The van der Waals surface area contributed by atoms with Crippen molar-refractivity contribution in [3.63, 3.8) is 0 Å². The van der Waals surface area contributed by atoms with Crippen LogP contribution in [0.3, 0.4) is 0 Å². The summed E-state index contributed by atoms with van der Waals surface area (Å²) < 4.78 is 77.8. The molecule has 2 rings (SSSR count). The maximum atomic E-state index is 12.4. The lowest BCUT2D eigenvalue weighted by atomic mass is 10.2. The third kappa shape index (κ3) is 0.577. The van der Waals surface area contributed by atoms with Crippen molar-refractivity contribution in [1.29, 1.82) is 0 Å². The number of hydrogen-bond donors (Lipinski definition) is 0. The summed E-state index contributed by atoms with van der Waals surface area (Å²) in [7, 11) is 0. The molecule has 2 heterocycles. The monoisotopic (exact) mass is 194 g/mol. The summed E-state index contributed by atoms with van der Waals surface area (Å²) >= 11 is 0. The standard InChI is InChI=1S/C4F6O2/c5-1(3(7,8)11-1)2(6)4(9,10)12-2. The van der Waals surface area contributed by atoms with Crippen molar-refractivity contribution in [1.82, 2.24) is 0 Å². The lowest BCUT2D eigenvalue weighted by Gasteiger charge is -2.00. The molecule has 8 heteroatoms. The molecule has 2 atom stereocenters. The molecule has 0 N–H and O–H groups in total. The number of alkyl halides is 6. The van der Waals surface area contributed by atoms with E-state index in [0.717, 1.165) is 0 Å². The lowest BCUT2D eigenvalue weighted by Crippen LogP contribution is -2.33. The topological polar surface area (TPSA) is 25.1 Å². The van der Waals surface area contributed by atoms with Gasteiger partial charge in [-0.2, -0.15) is 26.3 Å². The van der Waals surface area contributed by atoms with Gasteiger partial charge in [-0.3, -0.25) is 9.47 Å². The van der Waals surface area contributed by atoms with E-state index in [1.165, 1.54) is 0 Å². The second kappa shape index (κ2) is 1.46. The Hall–Kier alpha value is -0.500. The molecule has 0 aromatic rings. The minimum Gasteiger partial charge on any atom is -0.265 e. The van der Waals surface area contributed by atoms with E-state index in [2.05, 4.69) is 9.47 Å². The molecule has 2 saturated heterocycles. The smallest absolute Gasteiger partial charge is 0.265 e. The predicted molar refractivity (Wildman–Crippen MR) is 19.7 cm³/mol. The van der Waals surface area contributed by atoms with Crippen LogP contribution in [0.5, 0.6) is 0 Å². The molecule has 0 spiro atoms. The molecule has 0 aromatic carbocycles. The van der Waals surface area contributed by atoms with Crippen LogP contribution in [-0.2, 0) is 9.47 Å².